The molecule has 0 aliphatic heterocycles. The fourth-order valence-corrected chi connectivity index (χ4v) is 4.37. The average molecular weight is 383 g/mol. The van der Waals surface area contributed by atoms with Crippen LogP contribution in [0.2, 0.25) is 0 Å². The van der Waals surface area contributed by atoms with Crippen LogP contribution in [0.4, 0.5) is 10.1 Å². The van der Waals surface area contributed by atoms with Gasteiger partial charge in [-0.1, -0.05) is 6.92 Å². The molecule has 1 aromatic carbocycles. The third-order valence-corrected chi connectivity index (χ3v) is 5.77. The minimum Gasteiger partial charge on any atom is -0.367 e. The summed E-state index contributed by atoms with van der Waals surface area (Å²) in [4.78, 5) is 16.0. The summed E-state index contributed by atoms with van der Waals surface area (Å²) in [6, 6.07) is 10.7. The Morgan fingerprint density at radius 3 is 2.63 bits per heavy atom. The zero-order chi connectivity index (χ0) is 19.4. The van der Waals surface area contributed by atoms with Crippen LogP contribution >= 0.6 is 11.3 Å². The molecule has 0 radical (unpaired) electrons. The Balaban J connectivity index is 1.97. The van der Waals surface area contributed by atoms with Crippen LogP contribution in [-0.4, -0.2) is 11.1 Å². The molecule has 6 heteroatoms. The number of halogens is 1. The summed E-state index contributed by atoms with van der Waals surface area (Å²) in [5, 5.41) is 9.83. The van der Waals surface area contributed by atoms with Crippen LogP contribution < -0.4 is 10.5 Å². The number of nitrogens with zero attached hydrogens (tertiary/aromatic N) is 3. The number of rotatable bonds is 7. The van der Waals surface area contributed by atoms with Gasteiger partial charge in [0.25, 0.3) is 5.56 Å². The van der Waals surface area contributed by atoms with Crippen molar-refractivity contribution in [1.82, 2.24) is 4.57 Å². The van der Waals surface area contributed by atoms with E-state index in [1.807, 2.05) is 6.20 Å². The maximum atomic E-state index is 13.2. The van der Waals surface area contributed by atoms with Crippen molar-refractivity contribution in [2.24, 2.45) is 0 Å². The lowest BCUT2D eigenvalue weighted by Crippen LogP contribution is -2.21. The van der Waals surface area contributed by atoms with Crippen molar-refractivity contribution in [3.63, 3.8) is 0 Å². The minimum atomic E-state index is -0.248. The maximum absolute atomic E-state index is 13.2. The fraction of sp³-hybridized carbons (Fsp3) is 0.333. The third kappa shape index (κ3) is 4.04. The van der Waals surface area contributed by atoms with E-state index in [0.717, 1.165) is 39.2 Å². The number of aryl methyl sites for hydroxylation is 2. The Kier molecular flexibility index (Phi) is 5.92. The van der Waals surface area contributed by atoms with E-state index >= 15 is 0 Å². The van der Waals surface area contributed by atoms with Crippen molar-refractivity contribution in [3.8, 4) is 6.07 Å². The van der Waals surface area contributed by atoms with E-state index in [1.54, 1.807) is 16.7 Å². The Morgan fingerprint density at radius 1 is 1.26 bits per heavy atom. The van der Waals surface area contributed by atoms with E-state index in [1.165, 1.54) is 23.5 Å². The zero-order valence-electron chi connectivity index (χ0n) is 15.5. The second-order valence-corrected chi connectivity index (χ2v) is 7.50. The van der Waals surface area contributed by atoms with Gasteiger partial charge in [-0.25, -0.2) is 4.39 Å². The summed E-state index contributed by atoms with van der Waals surface area (Å²) in [6.07, 6.45) is 3.03. The number of hydrogen-bond acceptors (Lipinski definition) is 4. The first-order valence-corrected chi connectivity index (χ1v) is 9.91. The lowest BCUT2D eigenvalue weighted by Gasteiger charge is -2.22. The Labute approximate surface area is 162 Å². The van der Waals surface area contributed by atoms with Crippen molar-refractivity contribution in [2.45, 2.75) is 39.8 Å². The molecule has 0 saturated heterocycles. The topological polar surface area (TPSA) is 49.0 Å². The van der Waals surface area contributed by atoms with Crippen molar-refractivity contribution in [2.75, 3.05) is 11.4 Å². The van der Waals surface area contributed by atoms with Gasteiger partial charge in [-0.2, -0.15) is 5.26 Å². The molecular formula is C21H22FN3OS. The minimum absolute atomic E-state index is 0.0291. The van der Waals surface area contributed by atoms with Crippen molar-refractivity contribution in [1.29, 1.82) is 5.26 Å². The van der Waals surface area contributed by atoms with Gasteiger partial charge in [-0.3, -0.25) is 4.79 Å². The number of aromatic nitrogens is 1. The Bertz CT molecular complexity index is 1030. The molecule has 3 rings (SSSR count). The fourth-order valence-electron chi connectivity index (χ4n) is 3.21. The number of thiophene rings is 1. The number of pyridine rings is 1. The normalized spacial score (nSPS) is 10.9. The number of fused-ring (bicyclic) bond motifs is 1. The van der Waals surface area contributed by atoms with E-state index in [4.69, 9.17) is 5.26 Å². The molecular weight excluding hydrogens is 361 g/mol. The Morgan fingerprint density at radius 2 is 2.00 bits per heavy atom. The first kappa shape index (κ1) is 19.1. The van der Waals surface area contributed by atoms with Crippen LogP contribution in [0.25, 0.3) is 10.1 Å². The molecule has 0 unspecified atom stereocenters. The van der Waals surface area contributed by atoms with Gasteiger partial charge in [-0.05, 0) is 49.2 Å². The molecule has 0 aliphatic carbocycles. The SMILES string of the molecule is CCc1cn(CCC#N)c(=O)c2sc(CN(CC)c3ccc(F)cc3)cc12. The molecule has 2 heterocycles. The number of hydrogen-bond donors (Lipinski definition) is 0. The molecule has 0 spiro atoms. The molecule has 0 saturated carbocycles. The van der Waals surface area contributed by atoms with Gasteiger partial charge < -0.3 is 9.47 Å². The highest BCUT2D eigenvalue weighted by atomic mass is 32.1. The molecule has 3 aromatic rings. The third-order valence-electron chi connectivity index (χ3n) is 4.66. The lowest BCUT2D eigenvalue weighted by atomic mass is 10.1. The molecule has 0 fully saturated rings. The van der Waals surface area contributed by atoms with Crippen LogP contribution in [0.5, 0.6) is 0 Å². The summed E-state index contributed by atoms with van der Waals surface area (Å²) >= 11 is 1.51. The molecule has 2 aromatic heterocycles. The first-order chi connectivity index (χ1) is 13.1. The second kappa shape index (κ2) is 8.36. The number of anilines is 1. The van der Waals surface area contributed by atoms with E-state index in [-0.39, 0.29) is 11.4 Å². The lowest BCUT2D eigenvalue weighted by molar-refractivity contribution is 0.627. The van der Waals surface area contributed by atoms with Crippen molar-refractivity contribution >= 4 is 27.1 Å². The van der Waals surface area contributed by atoms with E-state index in [0.29, 0.717) is 19.5 Å². The van der Waals surface area contributed by atoms with Gasteiger partial charge >= 0.3 is 0 Å². The summed E-state index contributed by atoms with van der Waals surface area (Å²) in [5.41, 5.74) is 2.05. The van der Waals surface area contributed by atoms with Crippen LogP contribution in [0, 0.1) is 17.1 Å². The van der Waals surface area contributed by atoms with Gasteiger partial charge in [0.1, 0.15) is 10.5 Å². The average Bonchev–Trinajstić information content (AvgIpc) is 3.11. The standard InChI is InChI=1S/C21H22FN3OS/c1-3-15-13-25(11-5-10-23)21(26)20-19(15)12-18(27-20)14-24(4-2)17-8-6-16(22)7-9-17/h6-9,12-13H,3-5,11,14H2,1-2H3. The highest BCUT2D eigenvalue weighted by molar-refractivity contribution is 7.19. The molecule has 0 atom stereocenters. The van der Waals surface area contributed by atoms with E-state index in [2.05, 4.69) is 30.9 Å². The first-order valence-electron chi connectivity index (χ1n) is 9.09. The largest absolute Gasteiger partial charge is 0.367 e. The second-order valence-electron chi connectivity index (χ2n) is 6.36. The van der Waals surface area contributed by atoms with Gasteiger partial charge in [0.05, 0.1) is 19.0 Å². The van der Waals surface area contributed by atoms with Gasteiger partial charge in [0, 0.05) is 35.2 Å². The zero-order valence-corrected chi connectivity index (χ0v) is 16.4. The van der Waals surface area contributed by atoms with Crippen LogP contribution in [0.1, 0.15) is 30.7 Å². The predicted octanol–water partition coefficient (Wildman–Crippen LogP) is 4.70. The maximum Gasteiger partial charge on any atom is 0.268 e. The molecule has 0 N–H and O–H groups in total. The summed E-state index contributed by atoms with van der Waals surface area (Å²) in [5.74, 6) is -0.248. The van der Waals surface area contributed by atoms with Crippen LogP contribution in [0.3, 0.4) is 0 Å². The predicted molar refractivity (Wildman–Crippen MR) is 109 cm³/mol. The van der Waals surface area contributed by atoms with Gasteiger partial charge in [0.2, 0.25) is 0 Å². The monoisotopic (exact) mass is 383 g/mol. The summed E-state index contributed by atoms with van der Waals surface area (Å²) in [7, 11) is 0. The van der Waals surface area contributed by atoms with Crippen LogP contribution in [-0.2, 0) is 19.5 Å². The van der Waals surface area contributed by atoms with E-state index in [9.17, 15) is 9.18 Å². The molecule has 0 amide bonds. The van der Waals surface area contributed by atoms with Crippen LogP contribution in [0.15, 0.2) is 41.3 Å². The molecule has 4 nitrogen and oxygen atoms in total. The smallest absolute Gasteiger partial charge is 0.268 e. The Hall–Kier alpha value is -2.65. The summed E-state index contributed by atoms with van der Waals surface area (Å²) < 4.78 is 15.6. The highest BCUT2D eigenvalue weighted by Gasteiger charge is 2.14. The van der Waals surface area contributed by atoms with Gasteiger partial charge in [0.15, 0.2) is 0 Å². The summed E-state index contributed by atoms with van der Waals surface area (Å²) in [6.45, 7) is 6.00. The highest BCUT2D eigenvalue weighted by Crippen LogP contribution is 2.28. The molecule has 27 heavy (non-hydrogen) atoms. The van der Waals surface area contributed by atoms with Crippen molar-refractivity contribution in [3.05, 3.63) is 63.1 Å². The number of nitriles is 1. The number of benzene rings is 1. The molecule has 0 bridgehead atoms. The molecule has 0 aliphatic rings. The van der Waals surface area contributed by atoms with Crippen molar-refractivity contribution < 1.29 is 4.39 Å². The quantitative estimate of drug-likeness (QED) is 0.594. The van der Waals surface area contributed by atoms with Gasteiger partial charge in [-0.15, -0.1) is 11.3 Å². The van der Waals surface area contributed by atoms with E-state index < -0.39 is 0 Å². The molecule has 140 valence electrons.